The number of hydrogen-bond acceptors (Lipinski definition) is 8. The van der Waals surface area contributed by atoms with Crippen LogP contribution in [0.3, 0.4) is 0 Å². The molecule has 2 aromatic carbocycles. The van der Waals surface area contributed by atoms with Gasteiger partial charge >= 0.3 is 0 Å². The molecule has 0 amide bonds. The third-order valence-corrected chi connectivity index (χ3v) is 16.7. The van der Waals surface area contributed by atoms with Gasteiger partial charge in [0.25, 0.3) is 0 Å². The van der Waals surface area contributed by atoms with Gasteiger partial charge in [-0.3, -0.25) is 4.79 Å². The summed E-state index contributed by atoms with van der Waals surface area (Å²) in [6.07, 6.45) is 12.4. The highest BCUT2D eigenvalue weighted by molar-refractivity contribution is 7.88. The van der Waals surface area contributed by atoms with Crippen LogP contribution in [0.25, 0.3) is 10.1 Å². The first-order chi connectivity index (χ1) is 24.1. The highest BCUT2D eigenvalue weighted by atomic mass is 32.2. The summed E-state index contributed by atoms with van der Waals surface area (Å²) < 4.78 is 40.4. The Bertz CT molecular complexity index is 2060. The van der Waals surface area contributed by atoms with Crippen LogP contribution in [-0.2, 0) is 16.6 Å². The van der Waals surface area contributed by atoms with Crippen molar-refractivity contribution in [1.29, 1.82) is 0 Å². The van der Waals surface area contributed by atoms with Crippen LogP contribution in [0.15, 0.2) is 72.3 Å². The van der Waals surface area contributed by atoms with Gasteiger partial charge in [0.2, 0.25) is 10.0 Å². The Hall–Kier alpha value is -3.02. The zero-order chi connectivity index (χ0) is 36.2. The van der Waals surface area contributed by atoms with Gasteiger partial charge in [-0.05, 0) is 85.8 Å². The van der Waals surface area contributed by atoms with Crippen LogP contribution in [0.2, 0.25) is 0 Å². The van der Waals surface area contributed by atoms with Gasteiger partial charge in [0.1, 0.15) is 11.5 Å². The van der Waals surface area contributed by atoms with Crippen LogP contribution in [0.5, 0.6) is 11.5 Å². The van der Waals surface area contributed by atoms with Crippen molar-refractivity contribution in [3.63, 3.8) is 0 Å². The van der Waals surface area contributed by atoms with Crippen LogP contribution in [0.4, 0.5) is 0 Å². The maximum Gasteiger partial charge on any atom is 0.211 e. The van der Waals surface area contributed by atoms with Crippen molar-refractivity contribution in [2.75, 3.05) is 27.0 Å². The molecular weight excluding hydrogens is 683 g/mol. The van der Waals surface area contributed by atoms with Crippen LogP contribution < -0.4 is 9.47 Å². The van der Waals surface area contributed by atoms with Crippen LogP contribution in [0, 0.1) is 33.5 Å². The molecule has 1 heterocycles. The smallest absolute Gasteiger partial charge is 0.211 e. The molecule has 6 aliphatic rings. The number of aliphatic hydroxyl groups is 2. The fourth-order valence-corrected chi connectivity index (χ4v) is 13.4. The lowest BCUT2D eigenvalue weighted by Gasteiger charge is -2.71. The van der Waals surface area contributed by atoms with Gasteiger partial charge in [-0.2, -0.15) is 4.31 Å². The Labute approximate surface area is 305 Å². The van der Waals surface area contributed by atoms with E-state index in [-0.39, 0.29) is 36.1 Å². The SMILES string of the molecule is COc1ccc(CN(CC2(O)CCC3C45C=CC6(C=C4C(=O)c4cc7ccccc7s4)CC(O)CCC6(C)C5CCC32C)S(C)(=O)=O)c(OC)c1. The second-order valence-corrected chi connectivity index (χ2v) is 19.6. The molecule has 3 aromatic rings. The molecule has 2 bridgehead atoms. The van der Waals surface area contributed by atoms with Gasteiger partial charge in [-0.1, -0.05) is 56.3 Å². The number of ether oxygens (including phenoxy) is 2. The number of ketones is 1. The van der Waals surface area contributed by atoms with E-state index in [2.05, 4.69) is 38.1 Å². The van der Waals surface area contributed by atoms with E-state index in [0.29, 0.717) is 41.2 Å². The van der Waals surface area contributed by atoms with Crippen LogP contribution in [-0.4, -0.2) is 67.4 Å². The molecule has 0 aliphatic heterocycles. The van der Waals surface area contributed by atoms with Crippen molar-refractivity contribution in [1.82, 2.24) is 4.31 Å². The number of thiophene rings is 1. The second-order valence-electron chi connectivity index (χ2n) is 16.5. The summed E-state index contributed by atoms with van der Waals surface area (Å²) in [7, 11) is -0.632. The number of allylic oxidation sites excluding steroid dienone is 4. The monoisotopic (exact) mass is 731 g/mol. The fourth-order valence-electron chi connectivity index (χ4n) is 11.6. The summed E-state index contributed by atoms with van der Waals surface area (Å²) >= 11 is 1.53. The molecular formula is C41H49NO7S2. The number of fused-ring (bicyclic) bond motifs is 2. The molecule has 272 valence electrons. The third kappa shape index (κ3) is 4.92. The average Bonchev–Trinajstić information content (AvgIpc) is 3.65. The number of sulfonamides is 1. The number of Topliss-reactive ketones (excluding diaryl/α,β-unsaturated/α-hetero) is 1. The molecule has 2 N–H and O–H groups in total. The Morgan fingerprint density at radius 2 is 1.69 bits per heavy atom. The summed E-state index contributed by atoms with van der Waals surface area (Å²) in [4.78, 5) is 15.7. The number of aliphatic hydroxyl groups excluding tert-OH is 1. The summed E-state index contributed by atoms with van der Waals surface area (Å²) in [6, 6.07) is 15.4. The Kier molecular flexibility index (Phi) is 8.06. The van der Waals surface area contributed by atoms with E-state index in [1.807, 2.05) is 30.3 Å². The van der Waals surface area contributed by atoms with Gasteiger partial charge in [0.15, 0.2) is 5.78 Å². The number of nitrogens with zero attached hydrogens (tertiary/aromatic N) is 1. The molecule has 2 spiro atoms. The fraction of sp³-hybridized carbons (Fsp3) is 0.537. The zero-order valence-electron chi connectivity index (χ0n) is 30.1. The molecule has 8 nitrogen and oxygen atoms in total. The first-order valence-corrected chi connectivity index (χ1v) is 20.8. The number of carbonyl (C=O) groups is 1. The van der Waals surface area contributed by atoms with E-state index in [4.69, 9.17) is 9.47 Å². The number of benzene rings is 2. The maximum absolute atomic E-state index is 15.0. The zero-order valence-corrected chi connectivity index (χ0v) is 31.8. The number of methoxy groups -OCH3 is 2. The van der Waals surface area contributed by atoms with Crippen molar-refractivity contribution in [3.8, 4) is 11.5 Å². The normalized spacial score (nSPS) is 36.8. The summed E-state index contributed by atoms with van der Waals surface area (Å²) in [5, 5.41) is 25.0. The second kappa shape index (κ2) is 11.7. The minimum absolute atomic E-state index is 0.0380. The van der Waals surface area contributed by atoms with E-state index in [9.17, 15) is 18.6 Å². The molecule has 8 atom stereocenters. The van der Waals surface area contributed by atoms with E-state index in [0.717, 1.165) is 41.3 Å². The molecule has 3 saturated carbocycles. The van der Waals surface area contributed by atoms with Crippen LogP contribution >= 0.6 is 11.3 Å². The molecule has 0 saturated heterocycles. The van der Waals surface area contributed by atoms with Crippen molar-refractivity contribution >= 4 is 37.2 Å². The summed E-state index contributed by atoms with van der Waals surface area (Å²) in [6.45, 7) is 4.50. The lowest BCUT2D eigenvalue weighted by molar-refractivity contribution is -0.173. The van der Waals surface area contributed by atoms with Crippen LogP contribution in [0.1, 0.15) is 74.0 Å². The first-order valence-electron chi connectivity index (χ1n) is 18.2. The Morgan fingerprint density at radius 3 is 2.41 bits per heavy atom. The van der Waals surface area contributed by atoms with E-state index < -0.39 is 38.0 Å². The number of hydrogen-bond donors (Lipinski definition) is 2. The van der Waals surface area contributed by atoms with Gasteiger partial charge in [0.05, 0.1) is 37.1 Å². The van der Waals surface area contributed by atoms with Gasteiger partial charge in [0, 0.05) is 51.2 Å². The van der Waals surface area contributed by atoms with Crippen molar-refractivity contribution < 1.29 is 32.9 Å². The van der Waals surface area contributed by atoms with Gasteiger partial charge in [-0.15, -0.1) is 11.3 Å². The minimum Gasteiger partial charge on any atom is -0.497 e. The molecule has 9 rings (SSSR count). The Morgan fingerprint density at radius 1 is 0.961 bits per heavy atom. The number of rotatable bonds is 9. The molecule has 8 unspecified atom stereocenters. The molecule has 10 heteroatoms. The quantitative estimate of drug-likeness (QED) is 0.178. The molecule has 51 heavy (non-hydrogen) atoms. The van der Waals surface area contributed by atoms with E-state index in [1.165, 1.54) is 21.9 Å². The minimum atomic E-state index is -3.75. The van der Waals surface area contributed by atoms with Crippen molar-refractivity contribution in [2.45, 2.75) is 77.0 Å². The lowest BCUT2D eigenvalue weighted by Crippen LogP contribution is -2.67. The molecule has 3 fully saturated rings. The highest BCUT2D eigenvalue weighted by Crippen LogP contribution is 2.78. The molecule has 0 radical (unpaired) electrons. The predicted octanol–water partition coefficient (Wildman–Crippen LogP) is 7.15. The lowest BCUT2D eigenvalue weighted by atomic mass is 9.32. The number of carbonyl (C=O) groups excluding carboxylic acids is 1. The topological polar surface area (TPSA) is 113 Å². The van der Waals surface area contributed by atoms with Crippen molar-refractivity contribution in [3.05, 3.63) is 82.8 Å². The summed E-state index contributed by atoms with van der Waals surface area (Å²) in [5.41, 5.74) is -1.74. The third-order valence-electron chi connectivity index (χ3n) is 14.4. The summed E-state index contributed by atoms with van der Waals surface area (Å²) in [5.74, 6) is 1.22. The predicted molar refractivity (Wildman–Crippen MR) is 200 cm³/mol. The highest BCUT2D eigenvalue weighted by Gasteiger charge is 2.74. The molecule has 1 aromatic heterocycles. The molecule has 6 aliphatic carbocycles. The van der Waals surface area contributed by atoms with E-state index >= 15 is 4.79 Å². The maximum atomic E-state index is 15.0. The largest absolute Gasteiger partial charge is 0.497 e. The standard InChI is InChI=1S/C41H49NO7S2/c1-37-15-12-28(43)22-39(37)18-19-41(30(23-39)36(44)33-20-26-8-6-7-9-32(26)50-33)34(37)13-16-38(2)35(41)14-17-40(38,45)25-42(51(5,46)47)24-27-10-11-29(48-3)21-31(27)49-4/h6-11,18-21,23,28,34-35,43,45H,12-17,22,24-25H2,1-5H3. The Balaban J connectivity index is 1.21. The van der Waals surface area contributed by atoms with Gasteiger partial charge < -0.3 is 19.7 Å². The van der Waals surface area contributed by atoms with Crippen molar-refractivity contribution in [2.24, 2.45) is 33.5 Å². The average molecular weight is 732 g/mol. The van der Waals surface area contributed by atoms with E-state index in [1.54, 1.807) is 26.4 Å². The first kappa shape index (κ1) is 35.0. The van der Waals surface area contributed by atoms with Gasteiger partial charge in [-0.25, -0.2) is 8.42 Å².